The number of thiazole rings is 1. The molecule has 0 bridgehead atoms. The first-order valence-electron chi connectivity index (χ1n) is 16.3. The summed E-state index contributed by atoms with van der Waals surface area (Å²) in [5, 5.41) is 16.4. The van der Waals surface area contributed by atoms with Crippen LogP contribution in [0, 0.1) is 0 Å². The average Bonchev–Trinajstić information content (AvgIpc) is 3.53. The van der Waals surface area contributed by atoms with Crippen LogP contribution in [0.1, 0.15) is 69.9 Å². The van der Waals surface area contributed by atoms with Gasteiger partial charge in [-0.1, -0.05) is 36.8 Å². The molecule has 0 spiro atoms. The highest BCUT2D eigenvalue weighted by atomic mass is 32.2. The highest BCUT2D eigenvalue weighted by Crippen LogP contribution is 2.27. The summed E-state index contributed by atoms with van der Waals surface area (Å²) < 4.78 is 34.5. The van der Waals surface area contributed by atoms with Crippen LogP contribution in [0.4, 0.5) is 10.5 Å². The van der Waals surface area contributed by atoms with Crippen LogP contribution < -0.4 is 10.0 Å². The molecule has 0 aliphatic heterocycles. The largest absolute Gasteiger partial charge is 0.444 e. The van der Waals surface area contributed by atoms with Crippen LogP contribution in [0.25, 0.3) is 10.6 Å². The van der Waals surface area contributed by atoms with E-state index < -0.39 is 27.8 Å². The highest BCUT2D eigenvalue weighted by molar-refractivity contribution is 7.92. The molecule has 49 heavy (non-hydrogen) atoms. The molecule has 4 rings (SSSR count). The van der Waals surface area contributed by atoms with Crippen LogP contribution in [0.2, 0.25) is 0 Å². The van der Waals surface area contributed by atoms with E-state index in [-0.39, 0.29) is 23.9 Å². The van der Waals surface area contributed by atoms with E-state index in [9.17, 15) is 23.1 Å². The minimum atomic E-state index is -3.83. The van der Waals surface area contributed by atoms with Gasteiger partial charge < -0.3 is 20.1 Å². The molecule has 2 heterocycles. The van der Waals surface area contributed by atoms with Gasteiger partial charge in [0.15, 0.2) is 0 Å². The number of aryl methyl sites for hydroxylation is 1. The molecule has 13 heteroatoms. The maximum atomic E-state index is 13.2. The van der Waals surface area contributed by atoms with Gasteiger partial charge in [0.25, 0.3) is 10.0 Å². The zero-order chi connectivity index (χ0) is 35.4. The standard InChI is InChI=1S/C36H45N5O6S2/c1-26(42)38-21-7-5-6-10-31-25-48-34(39-31)28-13-17-32(18-14-28)49(45,46)40-30-15-11-27(12-16-30)19-22-41(35(44)47-36(2,3)4)24-33(43)29-9-8-20-37-23-29/h8-9,11-18,20,23,25,33,40,43H,5-7,10,19,21-22,24H2,1-4H3,(H,38,42)/t33-/m0/s1. The number of carbonyl (C=O) groups excluding carboxylic acids is 2. The summed E-state index contributed by atoms with van der Waals surface area (Å²) in [6.07, 6.45) is 5.93. The molecule has 3 N–H and O–H groups in total. The normalized spacial score (nSPS) is 12.3. The fraction of sp³-hybridized carbons (Fsp3) is 0.389. The van der Waals surface area contributed by atoms with Crippen LogP contribution in [0.5, 0.6) is 0 Å². The summed E-state index contributed by atoms with van der Waals surface area (Å²) in [6, 6.07) is 17.1. The molecule has 4 aromatic rings. The smallest absolute Gasteiger partial charge is 0.410 e. The molecule has 0 fully saturated rings. The lowest BCUT2D eigenvalue weighted by atomic mass is 10.1. The van der Waals surface area contributed by atoms with Crippen molar-refractivity contribution in [1.29, 1.82) is 0 Å². The maximum absolute atomic E-state index is 13.2. The Kier molecular flexibility index (Phi) is 13.3. The summed E-state index contributed by atoms with van der Waals surface area (Å²) in [4.78, 5) is 34.3. The predicted octanol–water partition coefficient (Wildman–Crippen LogP) is 6.37. The molecule has 262 valence electrons. The van der Waals surface area contributed by atoms with Crippen LogP contribution in [0.3, 0.4) is 0 Å². The predicted molar refractivity (Wildman–Crippen MR) is 192 cm³/mol. The Bertz CT molecular complexity index is 1760. The van der Waals surface area contributed by atoms with Crippen molar-refractivity contribution in [1.82, 2.24) is 20.2 Å². The van der Waals surface area contributed by atoms with Crippen molar-refractivity contribution in [3.8, 4) is 10.6 Å². The van der Waals surface area contributed by atoms with Crippen molar-refractivity contribution in [2.75, 3.05) is 24.4 Å². The second-order valence-corrected chi connectivity index (χ2v) is 15.3. The molecule has 0 saturated carbocycles. The molecule has 11 nitrogen and oxygen atoms in total. The number of pyridine rings is 1. The number of carbonyl (C=O) groups is 2. The Morgan fingerprint density at radius 2 is 1.73 bits per heavy atom. The van der Waals surface area contributed by atoms with Crippen molar-refractivity contribution in [2.24, 2.45) is 0 Å². The van der Waals surface area contributed by atoms with Gasteiger partial charge >= 0.3 is 6.09 Å². The number of amides is 2. The number of sulfonamides is 1. The molecular formula is C36H45N5O6S2. The Morgan fingerprint density at radius 1 is 1.00 bits per heavy atom. The molecule has 0 aliphatic carbocycles. The fourth-order valence-corrected chi connectivity index (χ4v) is 6.81. The van der Waals surface area contributed by atoms with Crippen LogP contribution >= 0.6 is 11.3 Å². The van der Waals surface area contributed by atoms with E-state index >= 15 is 0 Å². The van der Waals surface area contributed by atoms with E-state index in [0.29, 0.717) is 24.2 Å². The third-order valence-electron chi connectivity index (χ3n) is 7.44. The number of hydrogen-bond acceptors (Lipinski definition) is 9. The first-order valence-corrected chi connectivity index (χ1v) is 18.6. The number of rotatable bonds is 16. The van der Waals surface area contributed by atoms with Crippen LogP contribution in [-0.2, 0) is 32.4 Å². The second-order valence-electron chi connectivity index (χ2n) is 12.7. The number of unbranched alkanes of at least 4 members (excludes halogenated alkanes) is 2. The van der Waals surface area contributed by atoms with E-state index in [1.54, 1.807) is 93.8 Å². The van der Waals surface area contributed by atoms with Crippen molar-refractivity contribution < 1.29 is 27.9 Å². The van der Waals surface area contributed by atoms with E-state index in [2.05, 4.69) is 15.0 Å². The molecule has 1 atom stereocenters. The molecule has 0 unspecified atom stereocenters. The fourth-order valence-electron chi connectivity index (χ4n) is 4.89. The summed E-state index contributed by atoms with van der Waals surface area (Å²) >= 11 is 1.53. The average molecular weight is 708 g/mol. The number of ether oxygens (including phenoxy) is 1. The minimum Gasteiger partial charge on any atom is -0.444 e. The van der Waals surface area contributed by atoms with Gasteiger partial charge in [0.1, 0.15) is 10.6 Å². The zero-order valence-corrected chi connectivity index (χ0v) is 30.0. The third kappa shape index (κ3) is 12.3. The van der Waals surface area contributed by atoms with Crippen LogP contribution in [0.15, 0.2) is 83.3 Å². The number of aliphatic hydroxyl groups excluding tert-OH is 1. The summed E-state index contributed by atoms with van der Waals surface area (Å²) in [5.74, 6) is -0.0122. The first-order chi connectivity index (χ1) is 23.3. The number of aromatic nitrogens is 2. The SMILES string of the molecule is CC(=O)NCCCCCc1csc(-c2ccc(S(=O)(=O)Nc3ccc(CCN(C[C@H](O)c4cccnc4)C(=O)OC(C)(C)C)cc3)cc2)n1. The van der Waals surface area contributed by atoms with E-state index in [1.807, 2.05) is 5.38 Å². The van der Waals surface area contributed by atoms with Gasteiger partial charge in [0, 0.05) is 54.6 Å². The zero-order valence-electron chi connectivity index (χ0n) is 28.4. The van der Waals surface area contributed by atoms with E-state index in [1.165, 1.54) is 23.2 Å². The lowest BCUT2D eigenvalue weighted by Crippen LogP contribution is -2.40. The van der Waals surface area contributed by atoms with Gasteiger partial charge in [-0.05, 0) is 82.3 Å². The molecule has 0 radical (unpaired) electrons. The van der Waals surface area contributed by atoms with Crippen molar-refractivity contribution in [3.63, 3.8) is 0 Å². The van der Waals surface area contributed by atoms with Crippen molar-refractivity contribution >= 4 is 39.0 Å². The quantitative estimate of drug-likeness (QED) is 0.114. The van der Waals surface area contributed by atoms with Crippen molar-refractivity contribution in [2.45, 2.75) is 76.4 Å². The number of nitrogens with zero attached hydrogens (tertiary/aromatic N) is 3. The monoisotopic (exact) mass is 707 g/mol. The second kappa shape index (κ2) is 17.4. The summed E-state index contributed by atoms with van der Waals surface area (Å²) in [5.41, 5.74) is 3.03. The Hall–Kier alpha value is -4.33. The van der Waals surface area contributed by atoms with Gasteiger partial charge in [-0.2, -0.15) is 0 Å². The number of benzene rings is 2. The Balaban J connectivity index is 1.31. The lowest BCUT2D eigenvalue weighted by Gasteiger charge is -2.29. The number of aliphatic hydroxyl groups is 1. The summed E-state index contributed by atoms with van der Waals surface area (Å²) in [7, 11) is -3.83. The van der Waals surface area contributed by atoms with Gasteiger partial charge in [-0.15, -0.1) is 11.3 Å². The molecule has 2 aromatic heterocycles. The van der Waals surface area contributed by atoms with Crippen molar-refractivity contribution in [3.05, 3.63) is 95.3 Å². The number of nitrogens with one attached hydrogen (secondary N) is 2. The molecule has 2 amide bonds. The first kappa shape index (κ1) is 37.5. The van der Waals surface area contributed by atoms with E-state index in [0.717, 1.165) is 47.5 Å². The van der Waals surface area contributed by atoms with Gasteiger partial charge in [0.05, 0.1) is 23.2 Å². The topological polar surface area (TPSA) is 151 Å². The molecule has 0 aliphatic rings. The summed E-state index contributed by atoms with van der Waals surface area (Å²) in [6.45, 7) is 7.87. The van der Waals surface area contributed by atoms with Gasteiger partial charge in [-0.3, -0.25) is 14.5 Å². The Labute approximate surface area is 292 Å². The lowest BCUT2D eigenvalue weighted by molar-refractivity contribution is -0.118. The minimum absolute atomic E-state index is 0.0122. The van der Waals surface area contributed by atoms with E-state index in [4.69, 9.17) is 9.72 Å². The number of anilines is 1. The van der Waals surface area contributed by atoms with Gasteiger partial charge in [0.2, 0.25) is 5.91 Å². The van der Waals surface area contributed by atoms with Crippen LogP contribution in [-0.4, -0.2) is 65.6 Å². The molecular weight excluding hydrogens is 663 g/mol. The van der Waals surface area contributed by atoms with Gasteiger partial charge in [-0.25, -0.2) is 18.2 Å². The maximum Gasteiger partial charge on any atom is 0.410 e. The third-order valence-corrected chi connectivity index (χ3v) is 9.78. The molecule has 2 aromatic carbocycles. The number of hydrogen-bond donors (Lipinski definition) is 3. The molecule has 0 saturated heterocycles. The Morgan fingerprint density at radius 3 is 2.39 bits per heavy atom. The highest BCUT2D eigenvalue weighted by Gasteiger charge is 2.25.